The Labute approximate surface area is 137 Å². The molecule has 0 aliphatic carbocycles. The zero-order valence-corrected chi connectivity index (χ0v) is 13.2. The second-order valence-corrected chi connectivity index (χ2v) is 5.63. The van der Waals surface area contributed by atoms with Gasteiger partial charge >= 0.3 is 0 Å². The molecule has 0 fully saturated rings. The maximum absolute atomic E-state index is 12.4. The van der Waals surface area contributed by atoms with Crippen molar-refractivity contribution in [3.63, 3.8) is 0 Å². The molecule has 112 valence electrons. The van der Waals surface area contributed by atoms with Crippen LogP contribution in [0.4, 0.5) is 5.82 Å². The number of amides is 1. The van der Waals surface area contributed by atoms with Crippen molar-refractivity contribution in [2.75, 3.05) is 4.90 Å². The Kier molecular flexibility index (Phi) is 4.05. The molecule has 6 heteroatoms. The third-order valence-corrected chi connectivity index (χ3v) is 3.78. The molecule has 2 heterocycles. The Morgan fingerprint density at radius 1 is 1.23 bits per heavy atom. The molecule has 1 aliphatic rings. The van der Waals surface area contributed by atoms with Crippen molar-refractivity contribution in [2.45, 2.75) is 13.2 Å². The number of hydrogen-bond donors (Lipinski definition) is 0. The molecule has 0 saturated carbocycles. The standard InChI is InChI=1S/C16H12Cl2N2O2/c1-10-8-15(21)20(14-4-2-3-7-19-14)16(22-10)12-6-5-11(17)9-13(12)18/h2-9,16H,1H3. The lowest BCUT2D eigenvalue weighted by atomic mass is 10.1. The van der Waals surface area contributed by atoms with Gasteiger partial charge < -0.3 is 4.74 Å². The average molecular weight is 335 g/mol. The summed E-state index contributed by atoms with van der Waals surface area (Å²) in [6.45, 7) is 1.73. The largest absolute Gasteiger partial charge is 0.470 e. The Bertz CT molecular complexity index is 747. The first-order valence-electron chi connectivity index (χ1n) is 6.60. The summed E-state index contributed by atoms with van der Waals surface area (Å²) in [5.41, 5.74) is 0.650. The number of carbonyl (C=O) groups excluding carboxylic acids is 1. The summed E-state index contributed by atoms with van der Waals surface area (Å²) < 4.78 is 5.83. The number of pyridine rings is 1. The van der Waals surface area contributed by atoms with Crippen LogP contribution < -0.4 is 4.90 Å². The van der Waals surface area contributed by atoms with Crippen LogP contribution >= 0.6 is 23.2 Å². The molecule has 1 atom stereocenters. The molecule has 0 spiro atoms. The molecule has 4 nitrogen and oxygen atoms in total. The van der Waals surface area contributed by atoms with Crippen LogP contribution in [0, 0.1) is 0 Å². The summed E-state index contributed by atoms with van der Waals surface area (Å²) in [5.74, 6) is 0.805. The lowest BCUT2D eigenvalue weighted by Crippen LogP contribution is -2.39. The monoisotopic (exact) mass is 334 g/mol. The van der Waals surface area contributed by atoms with E-state index in [0.717, 1.165) is 0 Å². The minimum Gasteiger partial charge on any atom is -0.470 e. The van der Waals surface area contributed by atoms with Crippen molar-refractivity contribution in [1.29, 1.82) is 0 Å². The fraction of sp³-hybridized carbons (Fsp3) is 0.125. The number of ether oxygens (including phenoxy) is 1. The predicted molar refractivity (Wildman–Crippen MR) is 85.8 cm³/mol. The fourth-order valence-corrected chi connectivity index (χ4v) is 2.76. The molecule has 0 saturated heterocycles. The molecule has 1 aromatic carbocycles. The average Bonchev–Trinajstić information content (AvgIpc) is 2.47. The minimum atomic E-state index is -0.683. The molecule has 3 rings (SSSR count). The summed E-state index contributed by atoms with van der Waals surface area (Å²) in [6.07, 6.45) is 2.36. The number of hydrogen-bond acceptors (Lipinski definition) is 3. The topological polar surface area (TPSA) is 42.4 Å². The smallest absolute Gasteiger partial charge is 0.258 e. The van der Waals surface area contributed by atoms with Crippen molar-refractivity contribution >= 4 is 34.9 Å². The van der Waals surface area contributed by atoms with Crippen LogP contribution in [0.2, 0.25) is 10.0 Å². The Morgan fingerprint density at radius 3 is 2.73 bits per heavy atom. The van der Waals surface area contributed by atoms with Gasteiger partial charge in [-0.05, 0) is 31.2 Å². The number of nitrogens with zero attached hydrogens (tertiary/aromatic N) is 2. The molecule has 1 aromatic heterocycles. The first-order chi connectivity index (χ1) is 10.6. The summed E-state index contributed by atoms with van der Waals surface area (Å²) in [5, 5.41) is 0.952. The van der Waals surface area contributed by atoms with Crippen LogP contribution in [-0.2, 0) is 9.53 Å². The minimum absolute atomic E-state index is 0.210. The van der Waals surface area contributed by atoms with Gasteiger partial charge in [0, 0.05) is 22.9 Å². The molecule has 0 N–H and O–H groups in total. The van der Waals surface area contributed by atoms with Crippen molar-refractivity contribution in [2.24, 2.45) is 0 Å². The molecule has 22 heavy (non-hydrogen) atoms. The lowest BCUT2D eigenvalue weighted by molar-refractivity contribution is -0.118. The van der Waals surface area contributed by atoms with Crippen molar-refractivity contribution in [3.05, 3.63) is 70.0 Å². The highest BCUT2D eigenvalue weighted by atomic mass is 35.5. The van der Waals surface area contributed by atoms with Crippen LogP contribution in [0.15, 0.2) is 54.4 Å². The summed E-state index contributed by atoms with van der Waals surface area (Å²) in [4.78, 5) is 18.1. The molecule has 1 unspecified atom stereocenters. The van der Waals surface area contributed by atoms with Gasteiger partial charge in [0.15, 0.2) is 0 Å². The third kappa shape index (κ3) is 2.80. The van der Waals surface area contributed by atoms with E-state index in [0.29, 0.717) is 27.2 Å². The van der Waals surface area contributed by atoms with E-state index in [1.54, 1.807) is 49.5 Å². The van der Waals surface area contributed by atoms with Gasteiger partial charge in [-0.2, -0.15) is 0 Å². The quantitative estimate of drug-likeness (QED) is 0.819. The van der Waals surface area contributed by atoms with Crippen molar-refractivity contribution in [3.8, 4) is 0 Å². The SMILES string of the molecule is CC1=CC(=O)N(c2ccccn2)C(c2ccc(Cl)cc2Cl)O1. The van der Waals surface area contributed by atoms with Gasteiger partial charge in [-0.1, -0.05) is 35.3 Å². The highest BCUT2D eigenvalue weighted by Gasteiger charge is 2.33. The van der Waals surface area contributed by atoms with E-state index in [-0.39, 0.29) is 5.91 Å². The Balaban J connectivity index is 2.10. The highest BCUT2D eigenvalue weighted by molar-refractivity contribution is 6.35. The van der Waals surface area contributed by atoms with Gasteiger partial charge in [-0.3, -0.25) is 9.69 Å². The number of allylic oxidation sites excluding steroid dienone is 1. The van der Waals surface area contributed by atoms with E-state index in [1.165, 1.54) is 11.0 Å². The zero-order valence-electron chi connectivity index (χ0n) is 11.7. The zero-order chi connectivity index (χ0) is 15.7. The number of halogens is 2. The van der Waals surface area contributed by atoms with Crippen LogP contribution in [0.25, 0.3) is 0 Å². The van der Waals surface area contributed by atoms with E-state index in [9.17, 15) is 4.79 Å². The third-order valence-electron chi connectivity index (χ3n) is 3.22. The Morgan fingerprint density at radius 2 is 2.05 bits per heavy atom. The summed E-state index contributed by atoms with van der Waals surface area (Å²) in [6, 6.07) is 10.4. The van der Waals surface area contributed by atoms with Crippen LogP contribution in [0.5, 0.6) is 0 Å². The van der Waals surface area contributed by atoms with Crippen LogP contribution in [-0.4, -0.2) is 10.9 Å². The lowest BCUT2D eigenvalue weighted by Gasteiger charge is -2.34. The second-order valence-electron chi connectivity index (χ2n) is 4.79. The van der Waals surface area contributed by atoms with Crippen LogP contribution in [0.1, 0.15) is 18.7 Å². The summed E-state index contributed by atoms with van der Waals surface area (Å²) >= 11 is 12.2. The first-order valence-corrected chi connectivity index (χ1v) is 7.36. The molecule has 1 aliphatic heterocycles. The normalized spacial score (nSPS) is 18.0. The highest BCUT2D eigenvalue weighted by Crippen LogP contribution is 2.36. The molecule has 2 aromatic rings. The van der Waals surface area contributed by atoms with E-state index in [1.807, 2.05) is 0 Å². The van der Waals surface area contributed by atoms with E-state index < -0.39 is 6.23 Å². The number of anilines is 1. The predicted octanol–water partition coefficient (Wildman–Crippen LogP) is 4.35. The van der Waals surface area contributed by atoms with Gasteiger partial charge in [0.2, 0.25) is 6.23 Å². The molecule has 0 radical (unpaired) electrons. The van der Waals surface area contributed by atoms with Gasteiger partial charge in [0.25, 0.3) is 5.91 Å². The fourth-order valence-electron chi connectivity index (χ4n) is 2.26. The van der Waals surface area contributed by atoms with Gasteiger partial charge in [0.05, 0.1) is 5.02 Å². The van der Waals surface area contributed by atoms with E-state index in [2.05, 4.69) is 4.98 Å². The van der Waals surface area contributed by atoms with E-state index >= 15 is 0 Å². The van der Waals surface area contributed by atoms with Gasteiger partial charge in [-0.25, -0.2) is 4.98 Å². The number of benzene rings is 1. The molecular weight excluding hydrogens is 323 g/mol. The molecular formula is C16H12Cl2N2O2. The van der Waals surface area contributed by atoms with Crippen LogP contribution in [0.3, 0.4) is 0 Å². The summed E-state index contributed by atoms with van der Waals surface area (Å²) in [7, 11) is 0. The van der Waals surface area contributed by atoms with Gasteiger partial charge in [0.1, 0.15) is 11.6 Å². The van der Waals surface area contributed by atoms with E-state index in [4.69, 9.17) is 27.9 Å². The number of aromatic nitrogens is 1. The van der Waals surface area contributed by atoms with Crippen molar-refractivity contribution < 1.29 is 9.53 Å². The number of carbonyl (C=O) groups is 1. The first kappa shape index (κ1) is 14.9. The van der Waals surface area contributed by atoms with Gasteiger partial charge in [-0.15, -0.1) is 0 Å². The molecule has 0 bridgehead atoms. The number of rotatable bonds is 2. The van der Waals surface area contributed by atoms with Crippen molar-refractivity contribution in [1.82, 2.24) is 4.98 Å². The maximum Gasteiger partial charge on any atom is 0.258 e. The molecule has 1 amide bonds. The maximum atomic E-state index is 12.4. The Hall–Kier alpha value is -2.04. The second kappa shape index (κ2) is 5.99.